The van der Waals surface area contributed by atoms with Crippen LogP contribution in [0, 0.1) is 5.92 Å². The van der Waals surface area contributed by atoms with Crippen molar-refractivity contribution in [1.82, 2.24) is 10.3 Å². The zero-order valence-corrected chi connectivity index (χ0v) is 9.50. The number of nitrogens with one attached hydrogen (secondary N) is 2. The van der Waals surface area contributed by atoms with Crippen molar-refractivity contribution in [3.05, 3.63) is 36.0 Å². The molecule has 0 bridgehead atoms. The first kappa shape index (κ1) is 9.91. The van der Waals surface area contributed by atoms with E-state index in [4.69, 9.17) is 0 Å². The van der Waals surface area contributed by atoms with E-state index < -0.39 is 0 Å². The summed E-state index contributed by atoms with van der Waals surface area (Å²) in [6.45, 7) is 2.17. The smallest absolute Gasteiger partial charge is 0.0457 e. The van der Waals surface area contributed by atoms with Crippen LogP contribution in [0.3, 0.4) is 0 Å². The van der Waals surface area contributed by atoms with Crippen LogP contribution in [-0.2, 0) is 6.54 Å². The molecule has 0 atom stereocenters. The largest absolute Gasteiger partial charge is 0.361 e. The normalized spacial score (nSPS) is 16.5. The van der Waals surface area contributed by atoms with Crippen molar-refractivity contribution < 1.29 is 0 Å². The predicted octanol–water partition coefficient (Wildman–Crippen LogP) is 3.06. The van der Waals surface area contributed by atoms with Gasteiger partial charge in [0, 0.05) is 23.6 Å². The summed E-state index contributed by atoms with van der Waals surface area (Å²) in [5.41, 5.74) is 2.64. The molecule has 0 unspecified atom stereocenters. The van der Waals surface area contributed by atoms with E-state index in [1.807, 2.05) is 6.20 Å². The molecule has 2 N–H and O–H groups in total. The third kappa shape index (κ3) is 1.85. The lowest BCUT2D eigenvalue weighted by atomic mass is 9.85. The minimum atomic E-state index is 0.936. The summed E-state index contributed by atoms with van der Waals surface area (Å²) in [6, 6.07) is 8.63. The lowest BCUT2D eigenvalue weighted by Crippen LogP contribution is -2.26. The quantitative estimate of drug-likeness (QED) is 0.804. The summed E-state index contributed by atoms with van der Waals surface area (Å²) in [4.78, 5) is 3.25. The Morgan fingerprint density at radius 1 is 1.25 bits per heavy atom. The van der Waals surface area contributed by atoms with Crippen molar-refractivity contribution in [2.24, 2.45) is 5.92 Å². The molecule has 2 heteroatoms. The van der Waals surface area contributed by atoms with Crippen LogP contribution in [0.25, 0.3) is 10.9 Å². The number of H-pyrrole nitrogens is 1. The van der Waals surface area contributed by atoms with Gasteiger partial charge >= 0.3 is 0 Å². The fourth-order valence-corrected chi connectivity index (χ4v) is 2.41. The number of hydrogen-bond acceptors (Lipinski definition) is 1. The second-order valence-corrected chi connectivity index (χ2v) is 4.78. The van der Waals surface area contributed by atoms with Gasteiger partial charge in [-0.3, -0.25) is 0 Å². The van der Waals surface area contributed by atoms with Crippen molar-refractivity contribution in [1.29, 1.82) is 0 Å². The van der Waals surface area contributed by atoms with Gasteiger partial charge in [-0.05, 0) is 43.0 Å². The van der Waals surface area contributed by atoms with E-state index in [0.717, 1.165) is 12.5 Å². The Kier molecular flexibility index (Phi) is 2.66. The standard InChI is InChI=1S/C14H18N2/c1-3-11(4-1)9-15-10-12-5-2-6-14-13(12)7-8-16-14/h2,5-8,11,15-16H,1,3-4,9-10H2. The van der Waals surface area contributed by atoms with Crippen LogP contribution in [0.4, 0.5) is 0 Å². The molecule has 84 valence electrons. The number of rotatable bonds is 4. The first-order chi connectivity index (χ1) is 7.93. The summed E-state index contributed by atoms with van der Waals surface area (Å²) >= 11 is 0. The first-order valence-corrected chi connectivity index (χ1v) is 6.19. The molecule has 1 aromatic heterocycles. The maximum atomic E-state index is 3.57. The van der Waals surface area contributed by atoms with Crippen LogP contribution in [0.2, 0.25) is 0 Å². The molecule has 2 aromatic rings. The summed E-state index contributed by atoms with van der Waals surface area (Å²) in [5.74, 6) is 0.936. The Hall–Kier alpha value is -1.28. The lowest BCUT2D eigenvalue weighted by Gasteiger charge is -2.25. The summed E-state index contributed by atoms with van der Waals surface area (Å²) < 4.78 is 0. The average Bonchev–Trinajstić information content (AvgIpc) is 2.70. The van der Waals surface area contributed by atoms with Gasteiger partial charge < -0.3 is 10.3 Å². The van der Waals surface area contributed by atoms with Crippen LogP contribution in [0.5, 0.6) is 0 Å². The van der Waals surface area contributed by atoms with Crippen LogP contribution in [-0.4, -0.2) is 11.5 Å². The highest BCUT2D eigenvalue weighted by molar-refractivity contribution is 5.82. The van der Waals surface area contributed by atoms with Gasteiger partial charge in [-0.25, -0.2) is 0 Å². The maximum absolute atomic E-state index is 3.57. The Labute approximate surface area is 96.1 Å². The molecule has 16 heavy (non-hydrogen) atoms. The van der Waals surface area contributed by atoms with E-state index in [0.29, 0.717) is 0 Å². The van der Waals surface area contributed by atoms with Gasteiger partial charge in [-0.2, -0.15) is 0 Å². The number of hydrogen-bond donors (Lipinski definition) is 2. The van der Waals surface area contributed by atoms with Gasteiger partial charge in [-0.15, -0.1) is 0 Å². The molecule has 1 fully saturated rings. The highest BCUT2D eigenvalue weighted by Crippen LogP contribution is 2.25. The number of aromatic amines is 1. The molecule has 0 radical (unpaired) electrons. The van der Waals surface area contributed by atoms with Gasteiger partial charge in [-0.1, -0.05) is 18.6 Å². The van der Waals surface area contributed by atoms with E-state index in [2.05, 4.69) is 34.6 Å². The molecule has 1 aliphatic rings. The lowest BCUT2D eigenvalue weighted by molar-refractivity contribution is 0.301. The van der Waals surface area contributed by atoms with Crippen molar-refractivity contribution in [3.63, 3.8) is 0 Å². The Bertz CT molecular complexity index is 468. The van der Waals surface area contributed by atoms with Gasteiger partial charge in [0.25, 0.3) is 0 Å². The summed E-state index contributed by atoms with van der Waals surface area (Å²) in [7, 11) is 0. The minimum Gasteiger partial charge on any atom is -0.361 e. The fraction of sp³-hybridized carbons (Fsp3) is 0.429. The van der Waals surface area contributed by atoms with Gasteiger partial charge in [0.2, 0.25) is 0 Å². The van der Waals surface area contributed by atoms with Crippen LogP contribution in [0.1, 0.15) is 24.8 Å². The third-order valence-electron chi connectivity index (χ3n) is 3.66. The highest BCUT2D eigenvalue weighted by atomic mass is 14.9. The Morgan fingerprint density at radius 3 is 3.00 bits per heavy atom. The monoisotopic (exact) mass is 214 g/mol. The van der Waals surface area contributed by atoms with E-state index in [1.54, 1.807) is 0 Å². The zero-order valence-electron chi connectivity index (χ0n) is 9.50. The molecule has 1 aliphatic carbocycles. The van der Waals surface area contributed by atoms with E-state index in [1.165, 1.54) is 42.3 Å². The molecule has 0 aliphatic heterocycles. The van der Waals surface area contributed by atoms with E-state index >= 15 is 0 Å². The summed E-state index contributed by atoms with van der Waals surface area (Å²) in [5, 5.41) is 4.92. The Morgan fingerprint density at radius 2 is 2.19 bits per heavy atom. The molecule has 0 spiro atoms. The van der Waals surface area contributed by atoms with Gasteiger partial charge in [0.1, 0.15) is 0 Å². The fourth-order valence-electron chi connectivity index (χ4n) is 2.41. The van der Waals surface area contributed by atoms with Crippen LogP contribution < -0.4 is 5.32 Å². The average molecular weight is 214 g/mol. The third-order valence-corrected chi connectivity index (χ3v) is 3.66. The van der Waals surface area contributed by atoms with Crippen molar-refractivity contribution in [2.45, 2.75) is 25.8 Å². The molecule has 0 amide bonds. The van der Waals surface area contributed by atoms with Gasteiger partial charge in [0.05, 0.1) is 0 Å². The number of fused-ring (bicyclic) bond motifs is 1. The minimum absolute atomic E-state index is 0.936. The number of aromatic nitrogens is 1. The maximum Gasteiger partial charge on any atom is 0.0457 e. The van der Waals surface area contributed by atoms with E-state index in [9.17, 15) is 0 Å². The Balaban J connectivity index is 1.66. The second kappa shape index (κ2) is 4.30. The van der Waals surface area contributed by atoms with E-state index in [-0.39, 0.29) is 0 Å². The molecular formula is C14H18N2. The molecule has 1 saturated carbocycles. The topological polar surface area (TPSA) is 27.8 Å². The highest BCUT2D eigenvalue weighted by Gasteiger charge is 2.16. The first-order valence-electron chi connectivity index (χ1n) is 6.19. The number of benzene rings is 1. The SMILES string of the molecule is c1cc(CNCC2CCC2)c2cc[nH]c2c1. The molecular weight excluding hydrogens is 196 g/mol. The van der Waals surface area contributed by atoms with Crippen LogP contribution in [0.15, 0.2) is 30.5 Å². The molecule has 2 nitrogen and oxygen atoms in total. The van der Waals surface area contributed by atoms with Crippen LogP contribution >= 0.6 is 0 Å². The van der Waals surface area contributed by atoms with Crippen molar-refractivity contribution in [3.8, 4) is 0 Å². The van der Waals surface area contributed by atoms with Crippen molar-refractivity contribution in [2.75, 3.05) is 6.54 Å². The predicted molar refractivity (Wildman–Crippen MR) is 67.3 cm³/mol. The summed E-state index contributed by atoms with van der Waals surface area (Å²) in [6.07, 6.45) is 6.28. The van der Waals surface area contributed by atoms with Gasteiger partial charge in [0.15, 0.2) is 0 Å². The molecule has 1 heterocycles. The molecule has 1 aromatic carbocycles. The molecule has 0 saturated heterocycles. The molecule has 3 rings (SSSR count). The van der Waals surface area contributed by atoms with Crippen molar-refractivity contribution >= 4 is 10.9 Å². The zero-order chi connectivity index (χ0) is 10.8. The second-order valence-electron chi connectivity index (χ2n) is 4.78.